The molecule has 0 radical (unpaired) electrons. The Labute approximate surface area is 195 Å². The molecule has 1 fully saturated rings. The molecule has 5 heteroatoms. The van der Waals surface area contributed by atoms with Crippen LogP contribution in [0.2, 0.25) is 0 Å². The summed E-state index contributed by atoms with van der Waals surface area (Å²) in [4.78, 5) is 13.4. The van der Waals surface area contributed by atoms with Crippen molar-refractivity contribution in [3.8, 4) is 11.5 Å². The van der Waals surface area contributed by atoms with Crippen LogP contribution in [-0.2, 0) is 4.79 Å². The fraction of sp³-hybridized carbons (Fsp3) is 0.320. The number of hydrogen-bond acceptors (Lipinski definition) is 3. The van der Waals surface area contributed by atoms with Crippen LogP contribution in [0, 0.1) is 5.92 Å². The quantitative estimate of drug-likeness (QED) is 0.361. The van der Waals surface area contributed by atoms with Crippen molar-refractivity contribution in [3.63, 3.8) is 0 Å². The number of rotatable bonds is 6. The molecule has 3 nitrogen and oxygen atoms in total. The van der Waals surface area contributed by atoms with Gasteiger partial charge in [0, 0.05) is 31.2 Å². The number of halogens is 2. The van der Waals surface area contributed by atoms with Gasteiger partial charge in [0.25, 0.3) is 0 Å². The normalized spacial score (nSPS) is 19.4. The van der Waals surface area contributed by atoms with Crippen molar-refractivity contribution in [2.24, 2.45) is 5.92 Å². The van der Waals surface area contributed by atoms with Gasteiger partial charge in [-0.2, -0.15) is 0 Å². The van der Waals surface area contributed by atoms with Crippen LogP contribution in [-0.4, -0.2) is 20.0 Å². The van der Waals surface area contributed by atoms with Crippen molar-refractivity contribution in [2.75, 3.05) is 14.2 Å². The van der Waals surface area contributed by atoms with Crippen molar-refractivity contribution in [1.29, 1.82) is 0 Å². The lowest BCUT2D eigenvalue weighted by Crippen LogP contribution is -2.20. The molecule has 0 bridgehead atoms. The molecular formula is C25H26Br2O3. The van der Waals surface area contributed by atoms with E-state index in [1.165, 1.54) is 0 Å². The van der Waals surface area contributed by atoms with Crippen molar-refractivity contribution < 1.29 is 14.3 Å². The van der Waals surface area contributed by atoms with E-state index in [1.807, 2.05) is 48.6 Å². The maximum atomic E-state index is 13.4. The first-order valence-electron chi connectivity index (χ1n) is 10.1. The first-order valence-corrected chi connectivity index (χ1v) is 11.7. The molecule has 0 spiro atoms. The second-order valence-corrected chi connectivity index (χ2v) is 9.34. The Morgan fingerprint density at radius 1 is 0.900 bits per heavy atom. The molecule has 3 rings (SSSR count). The van der Waals surface area contributed by atoms with Gasteiger partial charge in [0.1, 0.15) is 11.5 Å². The monoisotopic (exact) mass is 532 g/mol. The Kier molecular flexibility index (Phi) is 7.95. The van der Waals surface area contributed by atoms with E-state index < -0.39 is 0 Å². The summed E-state index contributed by atoms with van der Waals surface area (Å²) in [6.07, 6.45) is 7.73. The lowest BCUT2D eigenvalue weighted by atomic mass is 9.78. The van der Waals surface area contributed by atoms with Crippen LogP contribution in [0.3, 0.4) is 0 Å². The minimum absolute atomic E-state index is 0.103. The highest BCUT2D eigenvalue weighted by Crippen LogP contribution is 2.37. The predicted octanol–water partition coefficient (Wildman–Crippen LogP) is 7.48. The van der Waals surface area contributed by atoms with Crippen LogP contribution >= 0.6 is 31.9 Å². The summed E-state index contributed by atoms with van der Waals surface area (Å²) in [5, 5.41) is 0. The molecule has 0 unspecified atom stereocenters. The lowest BCUT2D eigenvalue weighted by molar-refractivity contribution is -0.113. The SMILES string of the molecule is CCCC1CC(=Cc2cc(Br)ccc2OC)C(=O)C(=Cc2cc(Br)ccc2OC)C1. The number of ether oxygens (including phenoxy) is 2. The molecule has 2 aromatic rings. The summed E-state index contributed by atoms with van der Waals surface area (Å²) < 4.78 is 12.9. The Balaban J connectivity index is 2.05. The summed E-state index contributed by atoms with van der Waals surface area (Å²) in [6.45, 7) is 2.19. The largest absolute Gasteiger partial charge is 0.496 e. The molecule has 0 saturated heterocycles. The standard InChI is InChI=1S/C25H26Br2O3/c1-4-5-16-10-19(12-17-14-21(26)6-8-23(17)29-2)25(28)20(11-16)13-18-15-22(27)7-9-24(18)30-3/h6-9,12-16H,4-5,10-11H2,1-3H3. The maximum absolute atomic E-state index is 13.4. The molecule has 1 aliphatic carbocycles. The average Bonchev–Trinajstić information content (AvgIpc) is 2.72. The van der Waals surface area contributed by atoms with Crippen LogP contribution in [0.25, 0.3) is 12.2 Å². The van der Waals surface area contributed by atoms with E-state index in [2.05, 4.69) is 38.8 Å². The number of hydrogen-bond donors (Lipinski definition) is 0. The Hall–Kier alpha value is -1.85. The Bertz CT molecular complexity index is 916. The van der Waals surface area contributed by atoms with Crippen molar-refractivity contribution in [1.82, 2.24) is 0 Å². The fourth-order valence-electron chi connectivity index (χ4n) is 3.96. The van der Waals surface area contributed by atoms with Gasteiger partial charge in [-0.05, 0) is 67.3 Å². The van der Waals surface area contributed by atoms with Gasteiger partial charge in [0.15, 0.2) is 5.78 Å². The van der Waals surface area contributed by atoms with Crippen LogP contribution in [0.15, 0.2) is 56.5 Å². The highest BCUT2D eigenvalue weighted by Gasteiger charge is 2.28. The van der Waals surface area contributed by atoms with Gasteiger partial charge in [-0.15, -0.1) is 0 Å². The highest BCUT2D eigenvalue weighted by atomic mass is 79.9. The van der Waals surface area contributed by atoms with Crippen LogP contribution in [0.1, 0.15) is 43.7 Å². The highest BCUT2D eigenvalue weighted by molar-refractivity contribution is 9.10. The summed E-state index contributed by atoms with van der Waals surface area (Å²) >= 11 is 7.04. The molecule has 0 atom stereocenters. The molecular weight excluding hydrogens is 508 g/mol. The summed E-state index contributed by atoms with van der Waals surface area (Å²) in [5.41, 5.74) is 3.48. The second kappa shape index (κ2) is 10.5. The molecule has 0 heterocycles. The average molecular weight is 534 g/mol. The Morgan fingerprint density at radius 2 is 1.37 bits per heavy atom. The molecule has 0 N–H and O–H groups in total. The van der Waals surface area contributed by atoms with Gasteiger partial charge in [-0.3, -0.25) is 4.79 Å². The van der Waals surface area contributed by atoms with E-state index in [0.717, 1.165) is 68.4 Å². The van der Waals surface area contributed by atoms with Crippen molar-refractivity contribution in [2.45, 2.75) is 32.6 Å². The molecule has 0 amide bonds. The molecule has 2 aromatic carbocycles. The van der Waals surface area contributed by atoms with E-state index in [-0.39, 0.29) is 5.78 Å². The number of carbonyl (C=O) groups excluding carboxylic acids is 1. The predicted molar refractivity (Wildman–Crippen MR) is 130 cm³/mol. The third kappa shape index (κ3) is 5.44. The number of ketones is 1. The lowest BCUT2D eigenvalue weighted by Gasteiger charge is -2.26. The second-order valence-electron chi connectivity index (χ2n) is 7.50. The van der Waals surface area contributed by atoms with Crippen LogP contribution < -0.4 is 9.47 Å². The number of allylic oxidation sites excluding steroid dienone is 2. The molecule has 1 aliphatic rings. The van der Waals surface area contributed by atoms with E-state index in [1.54, 1.807) is 14.2 Å². The molecule has 1 saturated carbocycles. The van der Waals surface area contributed by atoms with Gasteiger partial charge >= 0.3 is 0 Å². The van der Waals surface area contributed by atoms with Gasteiger partial charge in [0.05, 0.1) is 14.2 Å². The van der Waals surface area contributed by atoms with E-state index in [0.29, 0.717) is 5.92 Å². The van der Waals surface area contributed by atoms with E-state index in [9.17, 15) is 4.79 Å². The van der Waals surface area contributed by atoms with Gasteiger partial charge in [-0.25, -0.2) is 0 Å². The smallest absolute Gasteiger partial charge is 0.185 e. The Morgan fingerprint density at radius 3 is 1.77 bits per heavy atom. The topological polar surface area (TPSA) is 35.5 Å². The minimum Gasteiger partial charge on any atom is -0.496 e. The number of carbonyl (C=O) groups is 1. The summed E-state index contributed by atoms with van der Waals surface area (Å²) in [6, 6.07) is 11.7. The summed E-state index contributed by atoms with van der Waals surface area (Å²) in [7, 11) is 3.30. The molecule has 30 heavy (non-hydrogen) atoms. The zero-order valence-electron chi connectivity index (χ0n) is 17.5. The minimum atomic E-state index is 0.103. The van der Waals surface area contributed by atoms with E-state index in [4.69, 9.17) is 9.47 Å². The number of benzene rings is 2. The van der Waals surface area contributed by atoms with Crippen LogP contribution in [0.4, 0.5) is 0 Å². The number of methoxy groups -OCH3 is 2. The number of Topliss-reactive ketones (excluding diaryl/α,β-unsaturated/α-hetero) is 1. The van der Waals surface area contributed by atoms with Crippen molar-refractivity contribution >= 4 is 49.8 Å². The van der Waals surface area contributed by atoms with Crippen molar-refractivity contribution in [3.05, 3.63) is 67.6 Å². The van der Waals surface area contributed by atoms with Gasteiger partial charge in [-0.1, -0.05) is 51.6 Å². The zero-order chi connectivity index (χ0) is 21.7. The first kappa shape index (κ1) is 22.8. The third-order valence-electron chi connectivity index (χ3n) is 5.34. The summed E-state index contributed by atoms with van der Waals surface area (Å²) in [5.74, 6) is 2.07. The zero-order valence-corrected chi connectivity index (χ0v) is 20.7. The molecule has 158 valence electrons. The van der Waals surface area contributed by atoms with Crippen LogP contribution in [0.5, 0.6) is 11.5 Å². The molecule has 0 aromatic heterocycles. The van der Waals surface area contributed by atoms with Gasteiger partial charge < -0.3 is 9.47 Å². The first-order chi connectivity index (χ1) is 14.4. The maximum Gasteiger partial charge on any atom is 0.185 e. The van der Waals surface area contributed by atoms with E-state index >= 15 is 0 Å². The fourth-order valence-corrected chi connectivity index (χ4v) is 4.72. The van der Waals surface area contributed by atoms with Gasteiger partial charge in [0.2, 0.25) is 0 Å². The molecule has 0 aliphatic heterocycles. The third-order valence-corrected chi connectivity index (χ3v) is 6.33.